The van der Waals surface area contributed by atoms with Crippen molar-refractivity contribution in [3.63, 3.8) is 0 Å². The van der Waals surface area contributed by atoms with Gasteiger partial charge in [0.15, 0.2) is 0 Å². The van der Waals surface area contributed by atoms with Gasteiger partial charge in [0.05, 0.1) is 10.6 Å². The summed E-state index contributed by atoms with van der Waals surface area (Å²) in [7, 11) is 0. The molecular weight excluding hydrogens is 270 g/mol. The van der Waals surface area contributed by atoms with Crippen LogP contribution in [0.1, 0.15) is 24.8 Å². The van der Waals surface area contributed by atoms with E-state index >= 15 is 0 Å². The molecule has 1 atom stereocenters. The summed E-state index contributed by atoms with van der Waals surface area (Å²) in [5.74, 6) is 0.0544. The van der Waals surface area contributed by atoms with Crippen LogP contribution in [0.15, 0.2) is 18.2 Å². The summed E-state index contributed by atoms with van der Waals surface area (Å²) in [6, 6.07) is 4.56. The van der Waals surface area contributed by atoms with Gasteiger partial charge in [0.2, 0.25) is 5.91 Å². The standard InChI is InChI=1S/C15H19N3O3/c1-10-2-3-11(18(20)21)8-13(10)17-14(19)12-9-15(12)4-6-16-7-5-15/h2-3,8,12,16H,4-7,9H2,1H3,(H,17,19). The van der Waals surface area contributed by atoms with Crippen molar-refractivity contribution in [3.8, 4) is 0 Å². The van der Waals surface area contributed by atoms with Crippen LogP contribution in [-0.4, -0.2) is 23.9 Å². The molecule has 1 aromatic rings. The Labute approximate surface area is 123 Å². The fraction of sp³-hybridized carbons (Fsp3) is 0.533. The van der Waals surface area contributed by atoms with Gasteiger partial charge in [0.25, 0.3) is 5.69 Å². The number of aryl methyl sites for hydroxylation is 1. The second-order valence-electron chi connectivity index (χ2n) is 6.11. The van der Waals surface area contributed by atoms with Crippen LogP contribution in [0.3, 0.4) is 0 Å². The normalized spacial score (nSPS) is 22.8. The first-order valence-corrected chi connectivity index (χ1v) is 7.28. The van der Waals surface area contributed by atoms with Gasteiger partial charge in [-0.1, -0.05) is 6.07 Å². The molecule has 0 bridgehead atoms. The van der Waals surface area contributed by atoms with Gasteiger partial charge in [0, 0.05) is 18.1 Å². The van der Waals surface area contributed by atoms with Gasteiger partial charge < -0.3 is 10.6 Å². The number of anilines is 1. The highest BCUT2D eigenvalue weighted by Crippen LogP contribution is 2.58. The minimum absolute atomic E-state index is 0.000461. The highest BCUT2D eigenvalue weighted by molar-refractivity contribution is 5.96. The molecule has 6 heteroatoms. The van der Waals surface area contributed by atoms with E-state index < -0.39 is 4.92 Å². The SMILES string of the molecule is Cc1ccc([N+](=O)[O-])cc1NC(=O)C1CC12CCNCC2. The predicted molar refractivity (Wildman–Crippen MR) is 79.1 cm³/mol. The van der Waals surface area contributed by atoms with Gasteiger partial charge >= 0.3 is 0 Å². The van der Waals surface area contributed by atoms with Crippen molar-refractivity contribution in [1.82, 2.24) is 5.32 Å². The van der Waals surface area contributed by atoms with Gasteiger partial charge in [-0.05, 0) is 50.3 Å². The van der Waals surface area contributed by atoms with Crippen LogP contribution in [0.2, 0.25) is 0 Å². The van der Waals surface area contributed by atoms with Crippen LogP contribution in [-0.2, 0) is 4.79 Å². The number of nitrogens with zero attached hydrogens (tertiary/aromatic N) is 1. The summed E-state index contributed by atoms with van der Waals surface area (Å²) >= 11 is 0. The predicted octanol–water partition coefficient (Wildman–Crippen LogP) is 2.23. The number of amides is 1. The Morgan fingerprint density at radius 1 is 1.43 bits per heavy atom. The number of piperidine rings is 1. The first-order chi connectivity index (χ1) is 10.0. The second kappa shape index (κ2) is 5.11. The molecule has 2 aliphatic rings. The van der Waals surface area contributed by atoms with E-state index in [-0.39, 0.29) is 22.9 Å². The third-order valence-electron chi connectivity index (χ3n) is 4.80. The monoisotopic (exact) mass is 289 g/mol. The third-order valence-corrected chi connectivity index (χ3v) is 4.80. The Kier molecular flexibility index (Phi) is 3.41. The van der Waals surface area contributed by atoms with Crippen molar-refractivity contribution in [1.29, 1.82) is 0 Å². The fourth-order valence-corrected chi connectivity index (χ4v) is 3.27. The molecule has 1 heterocycles. The number of rotatable bonds is 3. The Morgan fingerprint density at radius 2 is 2.14 bits per heavy atom. The van der Waals surface area contributed by atoms with Gasteiger partial charge in [-0.3, -0.25) is 14.9 Å². The number of hydrogen-bond acceptors (Lipinski definition) is 4. The number of carbonyl (C=O) groups is 1. The maximum atomic E-state index is 12.4. The first kappa shape index (κ1) is 14.0. The number of nitro groups is 1. The number of hydrogen-bond donors (Lipinski definition) is 2. The molecule has 1 saturated carbocycles. The zero-order chi connectivity index (χ0) is 15.0. The van der Waals surface area contributed by atoms with Gasteiger partial charge in [0.1, 0.15) is 0 Å². The van der Waals surface area contributed by atoms with E-state index in [0.29, 0.717) is 5.69 Å². The number of nitro benzene ring substituents is 1. The van der Waals surface area contributed by atoms with E-state index in [1.54, 1.807) is 6.07 Å². The Bertz CT molecular complexity index is 594. The van der Waals surface area contributed by atoms with Crippen LogP contribution in [0.4, 0.5) is 11.4 Å². The maximum absolute atomic E-state index is 12.4. The summed E-state index contributed by atoms with van der Waals surface area (Å²) < 4.78 is 0. The largest absolute Gasteiger partial charge is 0.325 e. The van der Waals surface area contributed by atoms with Crippen molar-refractivity contribution in [2.24, 2.45) is 11.3 Å². The molecule has 112 valence electrons. The van der Waals surface area contributed by atoms with Crippen molar-refractivity contribution in [3.05, 3.63) is 33.9 Å². The van der Waals surface area contributed by atoms with Crippen LogP contribution in [0, 0.1) is 28.4 Å². The van der Waals surface area contributed by atoms with E-state index in [0.717, 1.165) is 37.9 Å². The minimum atomic E-state index is -0.444. The maximum Gasteiger partial charge on any atom is 0.271 e. The van der Waals surface area contributed by atoms with Crippen LogP contribution >= 0.6 is 0 Å². The van der Waals surface area contributed by atoms with Crippen LogP contribution < -0.4 is 10.6 Å². The Morgan fingerprint density at radius 3 is 2.81 bits per heavy atom. The highest BCUT2D eigenvalue weighted by atomic mass is 16.6. The van der Waals surface area contributed by atoms with E-state index in [2.05, 4.69) is 10.6 Å². The van der Waals surface area contributed by atoms with Gasteiger partial charge in [-0.25, -0.2) is 0 Å². The zero-order valence-electron chi connectivity index (χ0n) is 12.0. The average Bonchev–Trinajstić information content (AvgIpc) is 3.15. The van der Waals surface area contributed by atoms with Crippen LogP contribution in [0.5, 0.6) is 0 Å². The van der Waals surface area contributed by atoms with Crippen molar-refractivity contribution in [2.45, 2.75) is 26.2 Å². The van der Waals surface area contributed by atoms with E-state index in [9.17, 15) is 14.9 Å². The molecule has 1 aromatic carbocycles. The Hall–Kier alpha value is -1.95. The number of non-ortho nitro benzene ring substituents is 1. The molecule has 2 N–H and O–H groups in total. The highest BCUT2D eigenvalue weighted by Gasteiger charge is 2.57. The lowest BCUT2D eigenvalue weighted by atomic mass is 9.91. The number of carbonyl (C=O) groups excluding carboxylic acids is 1. The smallest absolute Gasteiger partial charge is 0.271 e. The molecule has 1 aliphatic carbocycles. The topological polar surface area (TPSA) is 84.3 Å². The lowest BCUT2D eigenvalue weighted by Gasteiger charge is -2.23. The molecule has 0 aromatic heterocycles. The number of benzene rings is 1. The fourth-order valence-electron chi connectivity index (χ4n) is 3.27. The summed E-state index contributed by atoms with van der Waals surface area (Å²) in [4.78, 5) is 22.8. The van der Waals surface area contributed by atoms with E-state index in [1.165, 1.54) is 12.1 Å². The van der Waals surface area contributed by atoms with E-state index in [4.69, 9.17) is 0 Å². The van der Waals surface area contributed by atoms with Crippen molar-refractivity contribution in [2.75, 3.05) is 18.4 Å². The molecule has 2 fully saturated rings. The molecule has 0 radical (unpaired) electrons. The molecule has 6 nitrogen and oxygen atoms in total. The lowest BCUT2D eigenvalue weighted by Crippen LogP contribution is -2.31. The molecule has 1 amide bonds. The quantitative estimate of drug-likeness (QED) is 0.660. The minimum Gasteiger partial charge on any atom is -0.325 e. The zero-order valence-corrected chi connectivity index (χ0v) is 12.0. The molecule has 1 aliphatic heterocycles. The Balaban J connectivity index is 1.71. The summed E-state index contributed by atoms with van der Waals surface area (Å²) in [6.07, 6.45) is 3.02. The first-order valence-electron chi connectivity index (χ1n) is 7.28. The molecule has 1 spiro atoms. The number of nitrogens with one attached hydrogen (secondary N) is 2. The third kappa shape index (κ3) is 2.63. The average molecular weight is 289 g/mol. The summed E-state index contributed by atoms with van der Waals surface area (Å²) in [5, 5.41) is 17.0. The summed E-state index contributed by atoms with van der Waals surface area (Å²) in [5.41, 5.74) is 1.56. The van der Waals surface area contributed by atoms with Gasteiger partial charge in [-0.2, -0.15) is 0 Å². The van der Waals surface area contributed by atoms with E-state index in [1.807, 2.05) is 6.92 Å². The molecule has 1 unspecified atom stereocenters. The molecule has 1 saturated heterocycles. The van der Waals surface area contributed by atoms with Gasteiger partial charge in [-0.15, -0.1) is 0 Å². The second-order valence-corrected chi connectivity index (χ2v) is 6.11. The summed E-state index contributed by atoms with van der Waals surface area (Å²) in [6.45, 7) is 3.78. The molecular formula is C15H19N3O3. The van der Waals surface area contributed by atoms with Crippen LogP contribution in [0.25, 0.3) is 0 Å². The molecule has 21 heavy (non-hydrogen) atoms. The molecule has 3 rings (SSSR count). The van der Waals surface area contributed by atoms with Crippen molar-refractivity contribution < 1.29 is 9.72 Å². The lowest BCUT2D eigenvalue weighted by molar-refractivity contribution is -0.384. The van der Waals surface area contributed by atoms with Crippen molar-refractivity contribution >= 4 is 17.3 Å².